The number of benzene rings is 2. The second-order valence-electron chi connectivity index (χ2n) is 12.9. The van der Waals surface area contributed by atoms with Crippen LogP contribution in [0, 0.1) is 6.92 Å². The van der Waals surface area contributed by atoms with E-state index in [0.717, 1.165) is 45.2 Å². The van der Waals surface area contributed by atoms with E-state index >= 15 is 0 Å². The fraction of sp³-hybridized carbons (Fsp3) is 0.314. The number of para-hydroxylation sites is 1. The third-order valence-electron chi connectivity index (χ3n) is 8.16. The first-order valence-electron chi connectivity index (χ1n) is 15.6. The van der Waals surface area contributed by atoms with Crippen LogP contribution in [0.15, 0.2) is 84.2 Å². The highest BCUT2D eigenvalue weighted by Crippen LogP contribution is 2.31. The van der Waals surface area contributed by atoms with Crippen LogP contribution in [0.4, 0.5) is 5.82 Å². The molecule has 11 heteroatoms. The molecule has 46 heavy (non-hydrogen) atoms. The lowest BCUT2D eigenvalue weighted by Gasteiger charge is -2.20. The van der Waals surface area contributed by atoms with E-state index in [1.165, 1.54) is 0 Å². The number of fused-ring (bicyclic) bond motifs is 2. The Bertz CT molecular complexity index is 2040. The Morgan fingerprint density at radius 3 is 2.59 bits per heavy atom. The summed E-state index contributed by atoms with van der Waals surface area (Å²) < 4.78 is 17.1. The molecule has 0 aliphatic carbocycles. The Hall–Kier alpha value is -4.74. The lowest BCUT2D eigenvalue weighted by molar-refractivity contribution is 0.0898. The van der Waals surface area contributed by atoms with Gasteiger partial charge in [-0.3, -0.25) is 9.36 Å². The van der Waals surface area contributed by atoms with Crippen molar-refractivity contribution >= 4 is 30.4 Å². The highest BCUT2D eigenvalue weighted by Gasteiger charge is 2.23. The van der Waals surface area contributed by atoms with Crippen molar-refractivity contribution in [2.45, 2.75) is 58.7 Å². The zero-order valence-electron chi connectivity index (χ0n) is 27.3. The minimum Gasteiger partial charge on any atom is -0.497 e. The molecule has 0 saturated heterocycles. The van der Waals surface area contributed by atoms with E-state index in [9.17, 15) is 4.79 Å². The van der Waals surface area contributed by atoms with Gasteiger partial charge in [-0.1, -0.05) is 50.0 Å². The second-order valence-corrected chi connectivity index (χ2v) is 18.5. The fourth-order valence-corrected chi connectivity index (χ4v) is 6.45. The largest absolute Gasteiger partial charge is 0.497 e. The van der Waals surface area contributed by atoms with E-state index in [0.29, 0.717) is 36.9 Å². The van der Waals surface area contributed by atoms with Gasteiger partial charge in [0.25, 0.3) is 5.56 Å². The molecule has 0 radical (unpaired) electrons. The van der Waals surface area contributed by atoms with Crippen molar-refractivity contribution in [2.24, 2.45) is 0 Å². The minimum absolute atomic E-state index is 0.125. The van der Waals surface area contributed by atoms with Crippen LogP contribution in [-0.4, -0.2) is 50.5 Å². The molecule has 0 bridgehead atoms. The Labute approximate surface area is 269 Å². The second kappa shape index (κ2) is 12.9. The average molecular weight is 636 g/mol. The van der Waals surface area contributed by atoms with Gasteiger partial charge in [0.1, 0.15) is 35.8 Å². The van der Waals surface area contributed by atoms with Gasteiger partial charge in [-0.05, 0) is 73.3 Å². The third-order valence-corrected chi connectivity index (χ3v) is 9.86. The Morgan fingerprint density at radius 2 is 1.83 bits per heavy atom. The van der Waals surface area contributed by atoms with Crippen LogP contribution in [0.1, 0.15) is 35.5 Å². The molecule has 0 amide bonds. The molecular weight excluding hydrogens is 595 g/mol. The summed E-state index contributed by atoms with van der Waals surface area (Å²) in [6.07, 6.45) is 6.15. The van der Waals surface area contributed by atoms with Crippen molar-refractivity contribution in [3.05, 3.63) is 112 Å². The number of methoxy groups -OCH3 is 1. The smallest absolute Gasteiger partial charge is 0.282 e. The maximum Gasteiger partial charge on any atom is 0.282 e. The van der Waals surface area contributed by atoms with Crippen LogP contribution in [0.3, 0.4) is 0 Å². The molecule has 10 nitrogen and oxygen atoms in total. The van der Waals surface area contributed by atoms with Gasteiger partial charge in [0, 0.05) is 27.1 Å². The number of hydrogen-bond donors (Lipinski definition) is 1. The normalized spacial score (nSPS) is 12.6. The topological polar surface area (TPSA) is 100 Å². The molecule has 238 valence electrons. The molecule has 0 aliphatic rings. The highest BCUT2D eigenvalue weighted by molar-refractivity contribution is 6.76. The molecule has 2 aromatic carbocycles. The van der Waals surface area contributed by atoms with Gasteiger partial charge in [-0.25, -0.2) is 14.5 Å². The number of rotatable bonds is 12. The summed E-state index contributed by atoms with van der Waals surface area (Å²) in [6, 6.07) is 20.3. The van der Waals surface area contributed by atoms with Gasteiger partial charge >= 0.3 is 0 Å². The molecule has 0 unspecified atom stereocenters. The highest BCUT2D eigenvalue weighted by atomic mass is 28.3. The summed E-state index contributed by atoms with van der Waals surface area (Å²) in [7, 11) is 0.450. The Kier molecular flexibility index (Phi) is 8.79. The number of nitrogens with one attached hydrogen (secondary N) is 1. The van der Waals surface area contributed by atoms with E-state index in [4.69, 9.17) is 24.5 Å². The number of anilines is 1. The summed E-state index contributed by atoms with van der Waals surface area (Å²) in [4.78, 5) is 23.4. The fourth-order valence-electron chi connectivity index (χ4n) is 5.70. The summed E-state index contributed by atoms with van der Waals surface area (Å²) >= 11 is 0. The SMILES string of the molecule is COc1cccc(Cc2cn(COCC[Si](C)(C)C)c3ncnc(N[C@@H](C)c4nn5ccc(C)c5c(=O)n4-c4ccccc4)c23)c1. The zero-order chi connectivity index (χ0) is 32.4. The standard InChI is InChI=1S/C35H41N7O3Si/c1-24-15-16-41-31(24)35(43)42(28-12-8-7-9-13-28)33(39-41)25(2)38-32-30-27(19-26-11-10-14-29(20-26)44-3)21-40(34(30)37-22-36-32)23-45-17-18-46(4,5)6/h7-16,20-22,25H,17-19,23H2,1-6H3,(H,36,37,38)/t25-/m0/s1. The quantitative estimate of drug-likeness (QED) is 0.119. The molecule has 1 N–H and O–H groups in total. The van der Waals surface area contributed by atoms with Crippen molar-refractivity contribution in [3.8, 4) is 11.4 Å². The number of ether oxygens (including phenoxy) is 2. The van der Waals surface area contributed by atoms with Gasteiger partial charge in [0.2, 0.25) is 0 Å². The maximum atomic E-state index is 13.9. The molecular formula is C35H41N7O3Si. The summed E-state index contributed by atoms with van der Waals surface area (Å²) in [5.74, 6) is 2.03. The summed E-state index contributed by atoms with van der Waals surface area (Å²) in [5.41, 5.74) is 4.99. The molecule has 1 atom stereocenters. The van der Waals surface area contributed by atoms with Crippen LogP contribution in [0.2, 0.25) is 25.7 Å². The van der Waals surface area contributed by atoms with E-state index in [-0.39, 0.29) is 11.6 Å². The number of aryl methyl sites for hydroxylation is 1. The summed E-state index contributed by atoms with van der Waals surface area (Å²) in [5, 5.41) is 9.43. The molecule has 0 saturated carbocycles. The zero-order valence-corrected chi connectivity index (χ0v) is 28.3. The first-order chi connectivity index (χ1) is 22.1. The van der Waals surface area contributed by atoms with Crippen molar-refractivity contribution in [1.82, 2.24) is 28.7 Å². The number of nitrogens with zero attached hydrogens (tertiary/aromatic N) is 6. The molecule has 4 heterocycles. The van der Waals surface area contributed by atoms with E-state index in [1.807, 2.05) is 74.6 Å². The van der Waals surface area contributed by atoms with Gasteiger partial charge in [-0.2, -0.15) is 5.10 Å². The predicted octanol–water partition coefficient (Wildman–Crippen LogP) is 6.62. The van der Waals surface area contributed by atoms with Crippen LogP contribution in [-0.2, 0) is 17.9 Å². The molecule has 0 spiro atoms. The number of hydrogen-bond acceptors (Lipinski definition) is 7. The van der Waals surface area contributed by atoms with Crippen molar-refractivity contribution in [3.63, 3.8) is 0 Å². The summed E-state index contributed by atoms with van der Waals surface area (Å²) in [6.45, 7) is 12.1. The van der Waals surface area contributed by atoms with Crippen molar-refractivity contribution in [1.29, 1.82) is 0 Å². The van der Waals surface area contributed by atoms with Gasteiger partial charge in [-0.15, -0.1) is 0 Å². The van der Waals surface area contributed by atoms with Gasteiger partial charge < -0.3 is 19.4 Å². The number of aromatic nitrogens is 6. The van der Waals surface area contributed by atoms with Crippen LogP contribution in [0.25, 0.3) is 22.2 Å². The van der Waals surface area contributed by atoms with Crippen LogP contribution < -0.4 is 15.6 Å². The maximum absolute atomic E-state index is 13.9. The van der Waals surface area contributed by atoms with E-state index in [1.54, 1.807) is 22.5 Å². The minimum atomic E-state index is -1.23. The third kappa shape index (κ3) is 6.47. The lowest BCUT2D eigenvalue weighted by Crippen LogP contribution is -2.29. The molecule has 6 aromatic rings. The molecule has 0 fully saturated rings. The Morgan fingerprint density at radius 1 is 1.02 bits per heavy atom. The van der Waals surface area contributed by atoms with Gasteiger partial charge in [0.05, 0.1) is 24.2 Å². The lowest BCUT2D eigenvalue weighted by atomic mass is 10.0. The first-order valence-corrected chi connectivity index (χ1v) is 19.3. The van der Waals surface area contributed by atoms with Crippen LogP contribution >= 0.6 is 0 Å². The van der Waals surface area contributed by atoms with Gasteiger partial charge in [0.15, 0.2) is 5.82 Å². The van der Waals surface area contributed by atoms with Crippen molar-refractivity contribution in [2.75, 3.05) is 19.0 Å². The molecule has 0 aliphatic heterocycles. The Balaban J connectivity index is 1.42. The van der Waals surface area contributed by atoms with E-state index < -0.39 is 8.07 Å². The monoisotopic (exact) mass is 635 g/mol. The first kappa shape index (κ1) is 31.2. The molecule has 6 rings (SSSR count). The molecule has 4 aromatic heterocycles. The van der Waals surface area contributed by atoms with Crippen molar-refractivity contribution < 1.29 is 9.47 Å². The van der Waals surface area contributed by atoms with E-state index in [2.05, 4.69) is 41.8 Å². The van der Waals surface area contributed by atoms with Crippen LogP contribution in [0.5, 0.6) is 5.75 Å². The predicted molar refractivity (Wildman–Crippen MR) is 185 cm³/mol. The average Bonchev–Trinajstić information content (AvgIpc) is 3.59.